The Kier molecular flexibility index (Phi) is 4.55. The van der Waals surface area contributed by atoms with E-state index in [0.29, 0.717) is 35.9 Å². The van der Waals surface area contributed by atoms with Crippen LogP contribution in [0.4, 0.5) is 0 Å². The van der Waals surface area contributed by atoms with Crippen LogP contribution in [0.3, 0.4) is 0 Å². The van der Waals surface area contributed by atoms with E-state index in [1.165, 1.54) is 13.3 Å². The molecule has 4 aliphatic rings. The van der Waals surface area contributed by atoms with Crippen molar-refractivity contribution in [1.82, 2.24) is 0 Å². The summed E-state index contributed by atoms with van der Waals surface area (Å²) in [4.78, 5) is 37.0. The smallest absolute Gasteiger partial charge is 0.302 e. The number of fused-ring (bicyclic) bond motifs is 5. The molecular weight excluding hydrogens is 340 g/mol. The molecule has 27 heavy (non-hydrogen) atoms. The van der Waals surface area contributed by atoms with E-state index in [4.69, 9.17) is 4.74 Å². The molecular formula is C23H34O4. The fraction of sp³-hybridized carbons (Fsp3) is 0.870. The predicted octanol–water partition coefficient (Wildman–Crippen LogP) is 4.35. The van der Waals surface area contributed by atoms with Crippen LogP contribution in [-0.2, 0) is 19.1 Å². The highest BCUT2D eigenvalue weighted by atomic mass is 16.5. The number of ketones is 2. The maximum Gasteiger partial charge on any atom is 0.302 e. The normalized spacial score (nSPS) is 49.0. The third-order valence-corrected chi connectivity index (χ3v) is 9.30. The lowest BCUT2D eigenvalue weighted by molar-refractivity contribution is -0.167. The zero-order valence-corrected chi connectivity index (χ0v) is 17.3. The maximum atomic E-state index is 13.4. The molecule has 4 rings (SSSR count). The molecule has 8 atom stereocenters. The molecule has 0 aromatic carbocycles. The number of carbonyl (C=O) groups excluding carboxylic acids is 3. The van der Waals surface area contributed by atoms with Gasteiger partial charge in [0.1, 0.15) is 17.7 Å². The number of esters is 1. The number of ether oxygens (including phenoxy) is 1. The van der Waals surface area contributed by atoms with Crippen molar-refractivity contribution in [2.24, 2.45) is 40.4 Å². The summed E-state index contributed by atoms with van der Waals surface area (Å²) in [7, 11) is 0. The van der Waals surface area contributed by atoms with Gasteiger partial charge in [0.2, 0.25) is 0 Å². The monoisotopic (exact) mass is 374 g/mol. The highest BCUT2D eigenvalue weighted by Crippen LogP contribution is 2.66. The van der Waals surface area contributed by atoms with E-state index in [9.17, 15) is 14.4 Å². The van der Waals surface area contributed by atoms with Crippen LogP contribution in [0.15, 0.2) is 0 Å². The molecule has 4 fully saturated rings. The Bertz CT molecular complexity index is 669. The summed E-state index contributed by atoms with van der Waals surface area (Å²) in [5.74, 6) is 2.22. The van der Waals surface area contributed by atoms with Gasteiger partial charge >= 0.3 is 5.97 Å². The first-order valence-corrected chi connectivity index (χ1v) is 10.9. The van der Waals surface area contributed by atoms with Crippen LogP contribution in [0.5, 0.6) is 0 Å². The highest BCUT2D eigenvalue weighted by Gasteiger charge is 2.64. The lowest BCUT2D eigenvalue weighted by Gasteiger charge is -2.60. The Morgan fingerprint density at radius 3 is 2.41 bits per heavy atom. The van der Waals surface area contributed by atoms with E-state index < -0.39 is 5.41 Å². The molecule has 0 aliphatic heterocycles. The van der Waals surface area contributed by atoms with Crippen LogP contribution >= 0.6 is 0 Å². The van der Waals surface area contributed by atoms with Crippen LogP contribution < -0.4 is 0 Å². The van der Waals surface area contributed by atoms with Gasteiger partial charge in [0.25, 0.3) is 0 Å². The van der Waals surface area contributed by atoms with Crippen LogP contribution in [0.1, 0.15) is 79.1 Å². The van der Waals surface area contributed by atoms with Gasteiger partial charge in [-0.15, -0.1) is 0 Å². The molecule has 0 saturated heterocycles. The van der Waals surface area contributed by atoms with Crippen molar-refractivity contribution in [3.63, 3.8) is 0 Å². The summed E-state index contributed by atoms with van der Waals surface area (Å²) in [5, 5.41) is 0. The van der Waals surface area contributed by atoms with Crippen molar-refractivity contribution in [2.75, 3.05) is 0 Å². The Balaban J connectivity index is 1.59. The lowest BCUT2D eigenvalue weighted by atomic mass is 9.44. The summed E-state index contributed by atoms with van der Waals surface area (Å²) < 4.78 is 5.52. The molecule has 0 spiro atoms. The lowest BCUT2D eigenvalue weighted by Crippen LogP contribution is -2.57. The third kappa shape index (κ3) is 2.73. The van der Waals surface area contributed by atoms with E-state index in [1.807, 2.05) is 0 Å². The number of hydrogen-bond donors (Lipinski definition) is 0. The van der Waals surface area contributed by atoms with E-state index in [0.717, 1.165) is 38.5 Å². The Labute approximate surface area is 162 Å². The van der Waals surface area contributed by atoms with Gasteiger partial charge in [-0.05, 0) is 81.0 Å². The molecule has 4 heteroatoms. The Morgan fingerprint density at radius 2 is 1.74 bits per heavy atom. The number of Topliss-reactive ketones (excluding diaryl/α,β-unsaturated/α-hetero) is 2. The minimum absolute atomic E-state index is 0.0512. The molecule has 0 heterocycles. The fourth-order valence-electron chi connectivity index (χ4n) is 7.92. The van der Waals surface area contributed by atoms with E-state index >= 15 is 0 Å². The molecule has 0 bridgehead atoms. The molecule has 4 aliphatic carbocycles. The number of hydrogen-bond acceptors (Lipinski definition) is 4. The summed E-state index contributed by atoms with van der Waals surface area (Å²) in [5.41, 5.74) is -0.254. The van der Waals surface area contributed by atoms with E-state index in [1.54, 1.807) is 6.92 Å². The van der Waals surface area contributed by atoms with Gasteiger partial charge < -0.3 is 4.74 Å². The predicted molar refractivity (Wildman–Crippen MR) is 102 cm³/mol. The van der Waals surface area contributed by atoms with Gasteiger partial charge in [-0.1, -0.05) is 13.8 Å². The summed E-state index contributed by atoms with van der Waals surface area (Å²) in [6.45, 7) is 7.66. The van der Waals surface area contributed by atoms with Gasteiger partial charge in [-0.2, -0.15) is 0 Å². The molecule has 150 valence electrons. The molecule has 0 unspecified atom stereocenters. The van der Waals surface area contributed by atoms with Crippen LogP contribution in [0, 0.1) is 40.4 Å². The van der Waals surface area contributed by atoms with Crippen molar-refractivity contribution < 1.29 is 19.1 Å². The molecule has 4 nitrogen and oxygen atoms in total. The van der Waals surface area contributed by atoms with Crippen molar-refractivity contribution in [1.29, 1.82) is 0 Å². The fourth-order valence-corrected chi connectivity index (χ4v) is 7.92. The first kappa shape index (κ1) is 19.1. The molecule has 0 radical (unpaired) electrons. The molecule has 0 aromatic rings. The second-order valence-electron chi connectivity index (χ2n) is 10.3. The van der Waals surface area contributed by atoms with Crippen molar-refractivity contribution in [2.45, 2.75) is 85.2 Å². The average molecular weight is 375 g/mol. The minimum Gasteiger partial charge on any atom is -0.463 e. The zero-order chi connectivity index (χ0) is 19.6. The maximum absolute atomic E-state index is 13.4. The van der Waals surface area contributed by atoms with Gasteiger partial charge in [0.05, 0.1) is 0 Å². The van der Waals surface area contributed by atoms with Crippen LogP contribution in [-0.4, -0.2) is 23.6 Å². The first-order valence-electron chi connectivity index (χ1n) is 10.9. The van der Waals surface area contributed by atoms with Crippen molar-refractivity contribution in [3.05, 3.63) is 0 Å². The van der Waals surface area contributed by atoms with Crippen LogP contribution in [0.2, 0.25) is 0 Å². The van der Waals surface area contributed by atoms with Gasteiger partial charge in [-0.3, -0.25) is 14.4 Å². The summed E-state index contributed by atoms with van der Waals surface area (Å²) in [6.07, 6.45) is 7.86. The number of rotatable bonds is 2. The Morgan fingerprint density at radius 1 is 1.00 bits per heavy atom. The van der Waals surface area contributed by atoms with E-state index in [2.05, 4.69) is 13.8 Å². The second kappa shape index (κ2) is 6.42. The van der Waals surface area contributed by atoms with Gasteiger partial charge in [0, 0.05) is 24.7 Å². The van der Waals surface area contributed by atoms with Crippen LogP contribution in [0.25, 0.3) is 0 Å². The van der Waals surface area contributed by atoms with Crippen molar-refractivity contribution in [3.8, 4) is 0 Å². The average Bonchev–Trinajstić information content (AvgIpc) is 2.95. The van der Waals surface area contributed by atoms with Gasteiger partial charge in [-0.25, -0.2) is 0 Å². The van der Waals surface area contributed by atoms with E-state index in [-0.39, 0.29) is 29.2 Å². The molecule has 4 saturated carbocycles. The van der Waals surface area contributed by atoms with Gasteiger partial charge in [0.15, 0.2) is 0 Å². The highest BCUT2D eigenvalue weighted by molar-refractivity contribution is 5.93. The van der Waals surface area contributed by atoms with Crippen molar-refractivity contribution >= 4 is 17.5 Å². The zero-order valence-electron chi connectivity index (χ0n) is 17.3. The standard InChI is InChI=1S/C23H34O4/c1-13(24)18-7-8-19-17-6-5-15-11-16(27-14(2)25)9-10-22(15,3)20(17)12-21(26)23(18,19)4/h15-20H,5-12H2,1-4H3/t15-,16+,17-,18-,19+,20+,22-,23+/m0/s1. The quantitative estimate of drug-likeness (QED) is 0.675. The largest absolute Gasteiger partial charge is 0.463 e. The first-order chi connectivity index (χ1) is 12.7. The molecule has 0 aromatic heterocycles. The summed E-state index contributed by atoms with van der Waals surface area (Å²) >= 11 is 0. The second-order valence-corrected chi connectivity index (χ2v) is 10.3. The summed E-state index contributed by atoms with van der Waals surface area (Å²) in [6, 6.07) is 0. The topological polar surface area (TPSA) is 60.4 Å². The Hall–Kier alpha value is -1.19. The number of carbonyl (C=O) groups is 3. The SMILES string of the molecule is CC(=O)O[C@@H]1CC[C@@]2(C)[C@@H](CC[C@@H]3[C@H]2CC(=O)[C@@]2(C)[C@@H]3CC[C@H]2C(C)=O)C1. The molecule has 0 amide bonds. The minimum atomic E-state index is -0.425. The third-order valence-electron chi connectivity index (χ3n) is 9.30. The molecule has 0 N–H and O–H groups in total.